The van der Waals surface area contributed by atoms with Crippen molar-refractivity contribution in [2.75, 3.05) is 24.7 Å². The van der Waals surface area contributed by atoms with Gasteiger partial charge in [0.05, 0.1) is 17.7 Å². The second-order valence-electron chi connectivity index (χ2n) is 4.02. The van der Waals surface area contributed by atoms with Crippen LogP contribution in [0.2, 0.25) is 0 Å². The number of sulfonamides is 1. The summed E-state index contributed by atoms with van der Waals surface area (Å²) in [7, 11) is -3.29. The summed E-state index contributed by atoms with van der Waals surface area (Å²) >= 11 is 5.60. The number of rotatable bonds is 7. The minimum Gasteiger partial charge on any atom is -0.212 e. The van der Waals surface area contributed by atoms with Gasteiger partial charge >= 0.3 is 0 Å². The van der Waals surface area contributed by atoms with Crippen LogP contribution >= 0.6 is 11.6 Å². The first-order valence-corrected chi connectivity index (χ1v) is 7.45. The average Bonchev–Trinajstić information content (AvgIpc) is 2.24. The van der Waals surface area contributed by atoms with E-state index in [1.54, 1.807) is 20.8 Å². The molecule has 0 aromatic carbocycles. The molecule has 2 unspecified atom stereocenters. The van der Waals surface area contributed by atoms with Crippen molar-refractivity contribution in [1.29, 1.82) is 5.26 Å². The molecule has 0 saturated carbocycles. The van der Waals surface area contributed by atoms with Gasteiger partial charge in [-0.25, -0.2) is 12.7 Å². The molecule has 94 valence electrons. The van der Waals surface area contributed by atoms with E-state index in [9.17, 15) is 8.42 Å². The Morgan fingerprint density at radius 1 is 1.44 bits per heavy atom. The van der Waals surface area contributed by atoms with Crippen molar-refractivity contribution in [3.05, 3.63) is 0 Å². The van der Waals surface area contributed by atoms with Gasteiger partial charge in [0.15, 0.2) is 0 Å². The summed E-state index contributed by atoms with van der Waals surface area (Å²) in [6.45, 7) is 5.93. The van der Waals surface area contributed by atoms with Gasteiger partial charge in [0.25, 0.3) is 0 Å². The van der Waals surface area contributed by atoms with E-state index in [0.717, 1.165) is 0 Å². The molecule has 0 heterocycles. The molecule has 0 aromatic rings. The van der Waals surface area contributed by atoms with E-state index < -0.39 is 10.0 Å². The van der Waals surface area contributed by atoms with E-state index >= 15 is 0 Å². The first-order valence-electron chi connectivity index (χ1n) is 5.30. The van der Waals surface area contributed by atoms with Gasteiger partial charge in [-0.15, -0.1) is 11.6 Å². The van der Waals surface area contributed by atoms with Gasteiger partial charge in [-0.3, -0.25) is 0 Å². The lowest BCUT2D eigenvalue weighted by molar-refractivity contribution is 0.396. The fourth-order valence-corrected chi connectivity index (χ4v) is 3.43. The molecular weight excluding hydrogens is 248 g/mol. The van der Waals surface area contributed by atoms with Crippen LogP contribution in [-0.2, 0) is 10.0 Å². The molecule has 0 amide bonds. The monoisotopic (exact) mass is 266 g/mol. The number of alkyl halides is 1. The van der Waals surface area contributed by atoms with Crippen molar-refractivity contribution in [3.63, 3.8) is 0 Å². The van der Waals surface area contributed by atoms with Crippen LogP contribution in [-0.4, -0.2) is 37.4 Å². The molecule has 4 nitrogen and oxygen atoms in total. The van der Waals surface area contributed by atoms with Gasteiger partial charge in [-0.2, -0.15) is 5.26 Å². The van der Waals surface area contributed by atoms with Gasteiger partial charge in [0, 0.05) is 19.0 Å². The van der Waals surface area contributed by atoms with Gasteiger partial charge in [0.2, 0.25) is 10.0 Å². The first kappa shape index (κ1) is 15.7. The standard InChI is InChI=1S/C10H19ClN2O2S/c1-4-13(7-10(3)6-12)16(14,15)8-9(2)5-11/h9-10H,4-5,7-8H2,1-3H3. The average molecular weight is 267 g/mol. The van der Waals surface area contributed by atoms with Crippen LogP contribution in [0.25, 0.3) is 0 Å². The third-order valence-electron chi connectivity index (χ3n) is 2.20. The number of nitriles is 1. The summed E-state index contributed by atoms with van der Waals surface area (Å²) in [4.78, 5) is 0. The molecule has 0 aliphatic heterocycles. The van der Waals surface area contributed by atoms with Crippen molar-refractivity contribution in [1.82, 2.24) is 4.31 Å². The lowest BCUT2D eigenvalue weighted by Gasteiger charge is -2.22. The quantitative estimate of drug-likeness (QED) is 0.659. The third-order valence-corrected chi connectivity index (χ3v) is 4.91. The maximum Gasteiger partial charge on any atom is 0.214 e. The normalized spacial score (nSPS) is 15.8. The molecule has 16 heavy (non-hydrogen) atoms. The number of hydrogen-bond acceptors (Lipinski definition) is 3. The van der Waals surface area contributed by atoms with E-state index in [1.165, 1.54) is 4.31 Å². The maximum absolute atomic E-state index is 11.9. The van der Waals surface area contributed by atoms with Gasteiger partial charge in [-0.1, -0.05) is 13.8 Å². The van der Waals surface area contributed by atoms with Gasteiger partial charge in [-0.05, 0) is 12.8 Å². The summed E-state index contributed by atoms with van der Waals surface area (Å²) in [6.07, 6.45) is 0. The SMILES string of the molecule is CCN(CC(C)C#N)S(=O)(=O)CC(C)CCl. The molecule has 0 radical (unpaired) electrons. The summed E-state index contributed by atoms with van der Waals surface area (Å²) < 4.78 is 25.2. The molecule has 0 aromatic heterocycles. The van der Waals surface area contributed by atoms with Crippen LogP contribution in [0.1, 0.15) is 20.8 Å². The number of nitrogens with zero attached hydrogens (tertiary/aromatic N) is 2. The molecule has 0 N–H and O–H groups in total. The van der Waals surface area contributed by atoms with Crippen LogP contribution in [0.5, 0.6) is 0 Å². The highest BCUT2D eigenvalue weighted by Gasteiger charge is 2.24. The molecule has 0 spiro atoms. The summed E-state index contributed by atoms with van der Waals surface area (Å²) in [5.41, 5.74) is 0. The molecule has 6 heteroatoms. The van der Waals surface area contributed by atoms with E-state index in [4.69, 9.17) is 16.9 Å². The van der Waals surface area contributed by atoms with Crippen molar-refractivity contribution < 1.29 is 8.42 Å². The molecular formula is C10H19ClN2O2S. The van der Waals surface area contributed by atoms with Crippen LogP contribution in [0.4, 0.5) is 0 Å². The fourth-order valence-electron chi connectivity index (χ4n) is 1.30. The Balaban J connectivity index is 4.63. The van der Waals surface area contributed by atoms with Crippen molar-refractivity contribution in [3.8, 4) is 6.07 Å². The Kier molecular flexibility index (Phi) is 6.96. The largest absolute Gasteiger partial charge is 0.214 e. The minimum atomic E-state index is -3.29. The lowest BCUT2D eigenvalue weighted by Crippen LogP contribution is -2.37. The Morgan fingerprint density at radius 2 is 2.00 bits per heavy atom. The zero-order chi connectivity index (χ0) is 12.8. The van der Waals surface area contributed by atoms with E-state index in [1.807, 2.05) is 6.07 Å². The number of hydrogen-bond donors (Lipinski definition) is 0. The predicted molar refractivity (Wildman–Crippen MR) is 65.7 cm³/mol. The molecule has 0 rings (SSSR count). The van der Waals surface area contributed by atoms with E-state index in [0.29, 0.717) is 12.4 Å². The second-order valence-corrected chi connectivity index (χ2v) is 6.34. The first-order chi connectivity index (χ1) is 7.37. The molecule has 0 aliphatic carbocycles. The highest BCUT2D eigenvalue weighted by molar-refractivity contribution is 7.89. The van der Waals surface area contributed by atoms with E-state index in [2.05, 4.69) is 0 Å². The lowest BCUT2D eigenvalue weighted by atomic mass is 10.2. The van der Waals surface area contributed by atoms with Crippen molar-refractivity contribution in [2.45, 2.75) is 20.8 Å². The molecule has 0 fully saturated rings. The van der Waals surface area contributed by atoms with Crippen LogP contribution in [0, 0.1) is 23.2 Å². The van der Waals surface area contributed by atoms with Gasteiger partial charge in [0.1, 0.15) is 0 Å². The zero-order valence-corrected chi connectivity index (χ0v) is 11.6. The summed E-state index contributed by atoms with van der Waals surface area (Å²) in [6, 6.07) is 2.04. The Labute approximate surface area is 103 Å². The molecule has 0 aliphatic rings. The Morgan fingerprint density at radius 3 is 2.38 bits per heavy atom. The van der Waals surface area contributed by atoms with Crippen LogP contribution in [0.15, 0.2) is 0 Å². The molecule has 0 saturated heterocycles. The predicted octanol–water partition coefficient (Wildman–Crippen LogP) is 1.67. The zero-order valence-electron chi connectivity index (χ0n) is 9.98. The van der Waals surface area contributed by atoms with Crippen molar-refractivity contribution >= 4 is 21.6 Å². The smallest absolute Gasteiger partial charge is 0.212 e. The maximum atomic E-state index is 11.9. The molecule has 2 atom stereocenters. The summed E-state index contributed by atoms with van der Waals surface area (Å²) in [5.74, 6) is 0.00623. The Bertz CT molecular complexity index is 337. The minimum absolute atomic E-state index is 0.0441. The van der Waals surface area contributed by atoms with Gasteiger partial charge < -0.3 is 0 Å². The highest BCUT2D eigenvalue weighted by atomic mass is 35.5. The topological polar surface area (TPSA) is 61.2 Å². The van der Waals surface area contributed by atoms with Crippen LogP contribution < -0.4 is 0 Å². The van der Waals surface area contributed by atoms with Crippen LogP contribution in [0.3, 0.4) is 0 Å². The second kappa shape index (κ2) is 7.10. The van der Waals surface area contributed by atoms with Crippen molar-refractivity contribution in [2.24, 2.45) is 11.8 Å². The highest BCUT2D eigenvalue weighted by Crippen LogP contribution is 2.11. The number of halogens is 1. The Hall–Kier alpha value is -0.310. The summed E-state index contributed by atoms with van der Waals surface area (Å²) in [5, 5.41) is 8.68. The third kappa shape index (κ3) is 5.15. The fraction of sp³-hybridized carbons (Fsp3) is 0.900. The van der Waals surface area contributed by atoms with E-state index in [-0.39, 0.29) is 24.1 Å². The molecule has 0 bridgehead atoms.